The highest BCUT2D eigenvalue weighted by Gasteiger charge is 2.29. The third-order valence-corrected chi connectivity index (χ3v) is 5.72. The first-order valence-electron chi connectivity index (χ1n) is 7.91. The molecule has 8 heteroatoms. The van der Waals surface area contributed by atoms with E-state index in [9.17, 15) is 13.2 Å². The molecule has 1 N–H and O–H groups in total. The third-order valence-electron chi connectivity index (χ3n) is 4.15. The number of amides is 1. The van der Waals surface area contributed by atoms with Gasteiger partial charge in [0.1, 0.15) is 5.75 Å². The fraction of sp³-hybridized carbons (Fsp3) is 0.562. The van der Waals surface area contributed by atoms with Crippen LogP contribution >= 0.6 is 11.6 Å². The number of anilines is 1. The smallest absolute Gasteiger partial charge is 0.225 e. The zero-order valence-corrected chi connectivity index (χ0v) is 15.5. The SMILES string of the molecule is COc1ccc(Cl)cc1NC(=O)CCN(C1CCCC1)S(C)(=O)=O. The van der Waals surface area contributed by atoms with Crippen molar-refractivity contribution < 1.29 is 17.9 Å². The van der Waals surface area contributed by atoms with E-state index in [0.29, 0.717) is 16.5 Å². The summed E-state index contributed by atoms with van der Waals surface area (Å²) in [5, 5.41) is 3.21. The van der Waals surface area contributed by atoms with Crippen LogP contribution in [0.25, 0.3) is 0 Å². The van der Waals surface area contributed by atoms with E-state index in [4.69, 9.17) is 16.3 Å². The minimum Gasteiger partial charge on any atom is -0.495 e. The largest absolute Gasteiger partial charge is 0.495 e. The lowest BCUT2D eigenvalue weighted by Crippen LogP contribution is -2.39. The molecule has 2 rings (SSSR count). The Hall–Kier alpha value is -1.31. The van der Waals surface area contributed by atoms with Gasteiger partial charge in [0.25, 0.3) is 0 Å². The maximum absolute atomic E-state index is 12.2. The molecule has 0 aromatic heterocycles. The molecule has 134 valence electrons. The van der Waals surface area contributed by atoms with Gasteiger partial charge in [0.15, 0.2) is 0 Å². The summed E-state index contributed by atoms with van der Waals surface area (Å²) in [5.74, 6) is 0.228. The second kappa shape index (κ2) is 8.18. The molecule has 0 heterocycles. The molecule has 1 aromatic rings. The molecule has 0 unspecified atom stereocenters. The van der Waals surface area contributed by atoms with Crippen LogP contribution in [0.15, 0.2) is 18.2 Å². The Morgan fingerprint density at radius 2 is 2.04 bits per heavy atom. The Balaban J connectivity index is 2.00. The molecule has 1 amide bonds. The van der Waals surface area contributed by atoms with E-state index in [0.717, 1.165) is 25.7 Å². The van der Waals surface area contributed by atoms with Crippen molar-refractivity contribution in [3.63, 3.8) is 0 Å². The van der Waals surface area contributed by atoms with Crippen LogP contribution in [-0.4, -0.2) is 44.6 Å². The quantitative estimate of drug-likeness (QED) is 0.796. The van der Waals surface area contributed by atoms with Gasteiger partial charge in [-0.1, -0.05) is 24.4 Å². The lowest BCUT2D eigenvalue weighted by atomic mass is 10.2. The highest BCUT2D eigenvalue weighted by atomic mass is 35.5. The first kappa shape index (κ1) is 19.0. The van der Waals surface area contributed by atoms with Gasteiger partial charge in [-0.2, -0.15) is 4.31 Å². The molecule has 1 aliphatic rings. The van der Waals surface area contributed by atoms with Crippen molar-refractivity contribution in [1.82, 2.24) is 4.31 Å². The van der Waals surface area contributed by atoms with Crippen molar-refractivity contribution in [2.75, 3.05) is 25.2 Å². The molecule has 0 saturated heterocycles. The van der Waals surface area contributed by atoms with E-state index in [1.54, 1.807) is 18.2 Å². The molecule has 1 saturated carbocycles. The van der Waals surface area contributed by atoms with Crippen molar-refractivity contribution in [1.29, 1.82) is 0 Å². The van der Waals surface area contributed by atoms with Crippen LogP contribution in [0.5, 0.6) is 5.75 Å². The van der Waals surface area contributed by atoms with Gasteiger partial charge in [-0.05, 0) is 31.0 Å². The first-order valence-corrected chi connectivity index (χ1v) is 10.1. The minimum absolute atomic E-state index is 0.00788. The molecule has 1 fully saturated rings. The van der Waals surface area contributed by atoms with Crippen LogP contribution in [0.1, 0.15) is 32.1 Å². The number of hydrogen-bond acceptors (Lipinski definition) is 4. The van der Waals surface area contributed by atoms with E-state index in [-0.39, 0.29) is 24.9 Å². The van der Waals surface area contributed by atoms with E-state index >= 15 is 0 Å². The highest BCUT2D eigenvalue weighted by molar-refractivity contribution is 7.88. The highest BCUT2D eigenvalue weighted by Crippen LogP contribution is 2.28. The number of sulfonamides is 1. The van der Waals surface area contributed by atoms with Crippen molar-refractivity contribution in [3.05, 3.63) is 23.2 Å². The zero-order valence-electron chi connectivity index (χ0n) is 13.9. The lowest BCUT2D eigenvalue weighted by Gasteiger charge is -2.26. The number of rotatable bonds is 7. The molecule has 0 atom stereocenters. The van der Waals surface area contributed by atoms with Gasteiger partial charge in [0.05, 0.1) is 19.1 Å². The summed E-state index contributed by atoms with van der Waals surface area (Å²) in [7, 11) is -1.82. The van der Waals surface area contributed by atoms with E-state index < -0.39 is 10.0 Å². The molecule has 0 bridgehead atoms. The summed E-state index contributed by atoms with van der Waals surface area (Å²) in [5.41, 5.74) is 0.474. The Morgan fingerprint density at radius 1 is 1.38 bits per heavy atom. The van der Waals surface area contributed by atoms with Crippen LogP contribution in [0, 0.1) is 0 Å². The average molecular weight is 375 g/mol. The molecule has 0 radical (unpaired) electrons. The predicted octanol–water partition coefficient (Wildman–Crippen LogP) is 2.88. The van der Waals surface area contributed by atoms with E-state index in [1.165, 1.54) is 17.7 Å². The molecular formula is C16H23ClN2O4S. The number of carbonyl (C=O) groups is 1. The topological polar surface area (TPSA) is 75.7 Å². The molecule has 1 aromatic carbocycles. The van der Waals surface area contributed by atoms with Crippen molar-refractivity contribution in [3.8, 4) is 5.75 Å². The summed E-state index contributed by atoms with van der Waals surface area (Å²) < 4.78 is 30.6. The van der Waals surface area contributed by atoms with Crippen molar-refractivity contribution in [2.24, 2.45) is 0 Å². The summed E-state index contributed by atoms with van der Waals surface area (Å²) in [6, 6.07) is 4.94. The Morgan fingerprint density at radius 3 is 2.62 bits per heavy atom. The fourth-order valence-electron chi connectivity index (χ4n) is 3.01. The molecule has 24 heavy (non-hydrogen) atoms. The lowest BCUT2D eigenvalue weighted by molar-refractivity contribution is -0.116. The molecule has 0 spiro atoms. The maximum atomic E-state index is 12.2. The average Bonchev–Trinajstić information content (AvgIpc) is 3.00. The van der Waals surface area contributed by atoms with Crippen LogP contribution in [-0.2, 0) is 14.8 Å². The predicted molar refractivity (Wildman–Crippen MR) is 95.1 cm³/mol. The van der Waals surface area contributed by atoms with Gasteiger partial charge in [-0.25, -0.2) is 8.42 Å². The first-order chi connectivity index (χ1) is 11.3. The summed E-state index contributed by atoms with van der Waals surface area (Å²) >= 11 is 5.94. The van der Waals surface area contributed by atoms with Crippen LogP contribution in [0.3, 0.4) is 0 Å². The number of benzene rings is 1. The number of nitrogens with one attached hydrogen (secondary N) is 1. The van der Waals surface area contributed by atoms with Crippen LogP contribution < -0.4 is 10.1 Å². The number of carbonyl (C=O) groups excluding carboxylic acids is 1. The number of methoxy groups -OCH3 is 1. The van der Waals surface area contributed by atoms with Gasteiger partial charge in [-0.3, -0.25) is 4.79 Å². The molecule has 1 aliphatic carbocycles. The summed E-state index contributed by atoms with van der Waals surface area (Å²) in [6.07, 6.45) is 5.06. The van der Waals surface area contributed by atoms with Crippen LogP contribution in [0.2, 0.25) is 5.02 Å². The molecular weight excluding hydrogens is 352 g/mol. The number of ether oxygens (including phenoxy) is 1. The van der Waals surface area contributed by atoms with Gasteiger partial charge in [0.2, 0.25) is 15.9 Å². The standard InChI is InChI=1S/C16H23ClN2O4S/c1-23-15-8-7-12(17)11-14(15)18-16(20)9-10-19(24(2,21)22)13-5-3-4-6-13/h7-8,11,13H,3-6,9-10H2,1-2H3,(H,18,20). The van der Waals surface area contributed by atoms with Gasteiger partial charge in [-0.15, -0.1) is 0 Å². The summed E-state index contributed by atoms with van der Waals surface area (Å²) in [4.78, 5) is 12.2. The third kappa shape index (κ3) is 5.09. The Bertz CT molecular complexity index is 687. The number of nitrogens with zero attached hydrogens (tertiary/aromatic N) is 1. The normalized spacial score (nSPS) is 15.7. The van der Waals surface area contributed by atoms with Gasteiger partial charge in [0, 0.05) is 24.0 Å². The minimum atomic E-state index is -3.33. The molecule has 0 aliphatic heterocycles. The van der Waals surface area contributed by atoms with Gasteiger partial charge < -0.3 is 10.1 Å². The van der Waals surface area contributed by atoms with Crippen molar-refractivity contribution in [2.45, 2.75) is 38.1 Å². The van der Waals surface area contributed by atoms with E-state index in [1.807, 2.05) is 0 Å². The van der Waals surface area contributed by atoms with Crippen molar-refractivity contribution >= 4 is 33.2 Å². The Kier molecular flexibility index (Phi) is 6.48. The number of hydrogen-bond donors (Lipinski definition) is 1. The summed E-state index contributed by atoms with van der Waals surface area (Å²) in [6.45, 7) is 0.179. The second-order valence-corrected chi connectivity index (χ2v) is 8.33. The zero-order chi connectivity index (χ0) is 17.7. The maximum Gasteiger partial charge on any atom is 0.225 e. The number of halogens is 1. The second-order valence-electron chi connectivity index (χ2n) is 5.95. The fourth-order valence-corrected chi connectivity index (χ4v) is 4.36. The van der Waals surface area contributed by atoms with E-state index in [2.05, 4.69) is 5.32 Å². The monoisotopic (exact) mass is 374 g/mol. The Labute approximate surface area is 148 Å². The van der Waals surface area contributed by atoms with Gasteiger partial charge >= 0.3 is 0 Å². The van der Waals surface area contributed by atoms with Crippen LogP contribution in [0.4, 0.5) is 5.69 Å². The molecule has 6 nitrogen and oxygen atoms in total.